The molecule has 2 N–H and O–H groups in total. The first kappa shape index (κ1) is 18.1. The molecule has 0 radical (unpaired) electrons. The van der Waals surface area contributed by atoms with Crippen LogP contribution in [0.2, 0.25) is 0 Å². The van der Waals surface area contributed by atoms with E-state index in [1.807, 2.05) is 26.2 Å². The van der Waals surface area contributed by atoms with Crippen molar-refractivity contribution in [2.24, 2.45) is 0 Å². The molecular formula is C19H21N3O3S. The van der Waals surface area contributed by atoms with Crippen molar-refractivity contribution in [1.82, 2.24) is 10.3 Å². The molecule has 0 saturated heterocycles. The van der Waals surface area contributed by atoms with E-state index in [2.05, 4.69) is 15.6 Å². The number of amides is 2. The number of fused-ring (bicyclic) bond motifs is 1. The van der Waals surface area contributed by atoms with Gasteiger partial charge in [0.25, 0.3) is 5.91 Å². The summed E-state index contributed by atoms with van der Waals surface area (Å²) in [5, 5.41) is 7.31. The van der Waals surface area contributed by atoms with Crippen molar-refractivity contribution in [3.8, 4) is 0 Å². The normalized spacial score (nSPS) is 12.8. The van der Waals surface area contributed by atoms with Crippen molar-refractivity contribution in [1.29, 1.82) is 0 Å². The predicted molar refractivity (Wildman–Crippen MR) is 103 cm³/mol. The molecule has 6 nitrogen and oxygen atoms in total. The van der Waals surface area contributed by atoms with Crippen LogP contribution in [0.5, 0.6) is 0 Å². The van der Waals surface area contributed by atoms with E-state index in [-0.39, 0.29) is 17.2 Å². The van der Waals surface area contributed by atoms with Crippen molar-refractivity contribution in [3.63, 3.8) is 0 Å². The molecule has 2 heterocycles. The molecule has 2 amide bonds. The van der Waals surface area contributed by atoms with Gasteiger partial charge in [0.2, 0.25) is 11.8 Å². The summed E-state index contributed by atoms with van der Waals surface area (Å²) in [6.45, 7) is 7.72. The van der Waals surface area contributed by atoms with Crippen LogP contribution in [0.4, 0.5) is 5.69 Å². The first-order chi connectivity index (χ1) is 12.2. The van der Waals surface area contributed by atoms with Crippen molar-refractivity contribution < 1.29 is 14.0 Å². The highest BCUT2D eigenvalue weighted by Crippen LogP contribution is 2.27. The number of oxazole rings is 1. The standard InChI is InChI=1S/C19H21N3O3S/c1-11(20-17(24)15-6-5-9-26-15)16(23)21-12-7-8-14-13(10-12)22-18(25-14)19(2,3)4/h5-11H,1-4H3,(H,20,24)(H,21,23)/t11-/m0/s1. The Balaban J connectivity index is 1.69. The van der Waals surface area contributed by atoms with E-state index >= 15 is 0 Å². The maximum Gasteiger partial charge on any atom is 0.261 e. The van der Waals surface area contributed by atoms with Gasteiger partial charge in [-0.3, -0.25) is 9.59 Å². The Bertz CT molecular complexity index is 939. The van der Waals surface area contributed by atoms with Crippen LogP contribution < -0.4 is 10.6 Å². The molecule has 3 aromatic rings. The molecule has 0 aliphatic carbocycles. The predicted octanol–water partition coefficient (Wildman–Crippen LogP) is 3.94. The summed E-state index contributed by atoms with van der Waals surface area (Å²) in [5.41, 5.74) is 1.77. The van der Waals surface area contributed by atoms with Crippen molar-refractivity contribution in [2.75, 3.05) is 5.32 Å². The summed E-state index contributed by atoms with van der Waals surface area (Å²) in [5.74, 6) is 0.0887. The molecule has 7 heteroatoms. The second-order valence-corrected chi connectivity index (χ2v) is 8.06. The zero-order valence-electron chi connectivity index (χ0n) is 15.1. The first-order valence-electron chi connectivity index (χ1n) is 8.30. The summed E-state index contributed by atoms with van der Waals surface area (Å²) in [6, 6.07) is 8.15. The smallest absolute Gasteiger partial charge is 0.261 e. The summed E-state index contributed by atoms with van der Waals surface area (Å²) in [4.78, 5) is 29.5. The van der Waals surface area contributed by atoms with Gasteiger partial charge in [0, 0.05) is 11.1 Å². The molecule has 0 saturated carbocycles. The van der Waals surface area contributed by atoms with Gasteiger partial charge in [0.15, 0.2) is 5.58 Å². The number of benzene rings is 1. The molecular weight excluding hydrogens is 350 g/mol. The topological polar surface area (TPSA) is 84.2 Å². The van der Waals surface area contributed by atoms with E-state index in [0.717, 1.165) is 0 Å². The van der Waals surface area contributed by atoms with Gasteiger partial charge in [-0.05, 0) is 36.6 Å². The second-order valence-electron chi connectivity index (χ2n) is 7.11. The largest absolute Gasteiger partial charge is 0.440 e. The van der Waals surface area contributed by atoms with Gasteiger partial charge in [-0.2, -0.15) is 0 Å². The molecule has 1 atom stereocenters. The van der Waals surface area contributed by atoms with E-state index in [9.17, 15) is 9.59 Å². The Hall–Kier alpha value is -2.67. The first-order valence-corrected chi connectivity index (χ1v) is 9.18. The Morgan fingerprint density at radius 3 is 2.65 bits per heavy atom. The van der Waals surface area contributed by atoms with E-state index in [4.69, 9.17) is 4.42 Å². The molecule has 0 aliphatic heterocycles. The number of aromatic nitrogens is 1. The lowest BCUT2D eigenvalue weighted by Crippen LogP contribution is -2.41. The maximum atomic E-state index is 12.4. The van der Waals surface area contributed by atoms with E-state index < -0.39 is 6.04 Å². The third-order valence-corrected chi connectivity index (χ3v) is 4.65. The summed E-state index contributed by atoms with van der Waals surface area (Å²) in [6.07, 6.45) is 0. The molecule has 3 rings (SSSR count). The van der Waals surface area contributed by atoms with Crippen molar-refractivity contribution >= 4 is 39.9 Å². The molecule has 26 heavy (non-hydrogen) atoms. The summed E-state index contributed by atoms with van der Waals surface area (Å²) >= 11 is 1.33. The van der Waals surface area contributed by atoms with Crippen LogP contribution in [-0.4, -0.2) is 22.8 Å². The zero-order valence-corrected chi connectivity index (χ0v) is 15.9. The highest BCUT2D eigenvalue weighted by molar-refractivity contribution is 7.12. The Labute approximate surface area is 155 Å². The van der Waals surface area contributed by atoms with Crippen LogP contribution in [-0.2, 0) is 10.2 Å². The molecule has 0 spiro atoms. The lowest BCUT2D eigenvalue weighted by molar-refractivity contribution is -0.117. The number of hydrogen-bond acceptors (Lipinski definition) is 5. The lowest BCUT2D eigenvalue weighted by Gasteiger charge is -2.13. The Kier molecular flexibility index (Phi) is 4.82. The minimum Gasteiger partial charge on any atom is -0.440 e. The number of thiophene rings is 1. The number of anilines is 1. The number of nitrogens with one attached hydrogen (secondary N) is 2. The SMILES string of the molecule is C[C@H](NC(=O)c1cccs1)C(=O)Nc1ccc2oc(C(C)(C)C)nc2c1. The average Bonchev–Trinajstić information content (AvgIpc) is 3.23. The van der Waals surface area contributed by atoms with Crippen LogP contribution in [0.25, 0.3) is 11.1 Å². The Morgan fingerprint density at radius 1 is 1.23 bits per heavy atom. The highest BCUT2D eigenvalue weighted by Gasteiger charge is 2.21. The van der Waals surface area contributed by atoms with Gasteiger partial charge in [-0.25, -0.2) is 4.98 Å². The fourth-order valence-corrected chi connectivity index (χ4v) is 2.94. The minimum absolute atomic E-state index is 0.191. The lowest BCUT2D eigenvalue weighted by atomic mass is 9.97. The molecule has 0 unspecified atom stereocenters. The van der Waals surface area contributed by atoms with Crippen LogP contribution in [0, 0.1) is 0 Å². The fourth-order valence-electron chi connectivity index (χ4n) is 2.32. The summed E-state index contributed by atoms with van der Waals surface area (Å²) < 4.78 is 5.75. The Morgan fingerprint density at radius 2 is 2.00 bits per heavy atom. The monoisotopic (exact) mass is 371 g/mol. The van der Waals surface area contributed by atoms with E-state index in [1.165, 1.54) is 11.3 Å². The van der Waals surface area contributed by atoms with E-state index in [0.29, 0.717) is 27.6 Å². The quantitative estimate of drug-likeness (QED) is 0.727. The average molecular weight is 371 g/mol. The summed E-state index contributed by atoms with van der Waals surface area (Å²) in [7, 11) is 0. The van der Waals surface area contributed by atoms with Gasteiger partial charge in [0.05, 0.1) is 4.88 Å². The van der Waals surface area contributed by atoms with Crippen molar-refractivity contribution in [2.45, 2.75) is 39.2 Å². The molecule has 0 fully saturated rings. The molecule has 1 aromatic carbocycles. The van der Waals surface area contributed by atoms with Gasteiger partial charge < -0.3 is 15.1 Å². The molecule has 0 aliphatic rings. The minimum atomic E-state index is -0.664. The van der Waals surface area contributed by atoms with Gasteiger partial charge in [-0.1, -0.05) is 26.8 Å². The van der Waals surface area contributed by atoms with E-state index in [1.54, 1.807) is 37.3 Å². The number of rotatable bonds is 4. The number of carbonyl (C=O) groups excluding carboxylic acids is 2. The van der Waals surface area contributed by atoms with Crippen LogP contribution in [0.3, 0.4) is 0 Å². The van der Waals surface area contributed by atoms with Gasteiger partial charge in [-0.15, -0.1) is 11.3 Å². The molecule has 2 aromatic heterocycles. The van der Waals surface area contributed by atoms with Crippen LogP contribution in [0.15, 0.2) is 40.1 Å². The van der Waals surface area contributed by atoms with Gasteiger partial charge in [0.1, 0.15) is 11.6 Å². The zero-order chi connectivity index (χ0) is 18.9. The number of hydrogen-bond donors (Lipinski definition) is 2. The molecule has 0 bridgehead atoms. The maximum absolute atomic E-state index is 12.4. The highest BCUT2D eigenvalue weighted by atomic mass is 32.1. The fraction of sp³-hybridized carbons (Fsp3) is 0.316. The third kappa shape index (κ3) is 3.94. The number of carbonyl (C=O) groups is 2. The van der Waals surface area contributed by atoms with Crippen molar-refractivity contribution in [3.05, 3.63) is 46.5 Å². The van der Waals surface area contributed by atoms with Gasteiger partial charge >= 0.3 is 0 Å². The van der Waals surface area contributed by atoms with Crippen LogP contribution >= 0.6 is 11.3 Å². The third-order valence-electron chi connectivity index (χ3n) is 3.78. The molecule has 136 valence electrons. The number of nitrogens with zero attached hydrogens (tertiary/aromatic N) is 1. The second kappa shape index (κ2) is 6.92. The van der Waals surface area contributed by atoms with Crippen LogP contribution in [0.1, 0.15) is 43.3 Å².